The molecule has 0 heterocycles. The number of ether oxygens (including phenoxy) is 1. The van der Waals surface area contributed by atoms with Crippen LogP contribution in [0.5, 0.6) is 5.75 Å². The van der Waals surface area contributed by atoms with E-state index in [-0.39, 0.29) is 16.7 Å². The van der Waals surface area contributed by atoms with Crippen LogP contribution >= 0.6 is 0 Å². The number of carbonyl (C=O) groups is 3. The van der Waals surface area contributed by atoms with Gasteiger partial charge in [-0.25, -0.2) is 4.79 Å². The molecule has 15 heavy (non-hydrogen) atoms. The smallest absolute Gasteiger partial charge is 0.337 e. The molecule has 0 aromatic heterocycles. The number of hydrogen-bond donors (Lipinski definition) is 1. The number of aromatic hydroxyl groups is 1. The van der Waals surface area contributed by atoms with Gasteiger partial charge in [-0.1, -0.05) is 0 Å². The molecule has 0 aliphatic rings. The summed E-state index contributed by atoms with van der Waals surface area (Å²) >= 11 is 0. The molecule has 0 saturated heterocycles. The standard InChI is InChI=1S/C10H8O5/c1-15-10(14)6-2-7(4-11)9(13)8(3-6)5-12/h2-5,13H,1H3. The van der Waals surface area contributed by atoms with Crippen LogP contribution in [0.2, 0.25) is 0 Å². The van der Waals surface area contributed by atoms with Crippen LogP contribution in [0.15, 0.2) is 12.1 Å². The first kappa shape index (κ1) is 10.9. The SMILES string of the molecule is COC(=O)c1cc(C=O)c(O)c(C=O)c1. The molecule has 0 aliphatic carbocycles. The number of phenolic OH excluding ortho intramolecular Hbond substituents is 1. The lowest BCUT2D eigenvalue weighted by atomic mass is 10.1. The summed E-state index contributed by atoms with van der Waals surface area (Å²) in [6, 6.07) is 2.31. The van der Waals surface area contributed by atoms with Gasteiger partial charge in [0.2, 0.25) is 0 Å². The maximum Gasteiger partial charge on any atom is 0.337 e. The van der Waals surface area contributed by atoms with Crippen LogP contribution in [0, 0.1) is 0 Å². The molecule has 5 heteroatoms. The summed E-state index contributed by atoms with van der Waals surface area (Å²) < 4.78 is 4.42. The van der Waals surface area contributed by atoms with Crippen molar-refractivity contribution >= 4 is 18.5 Å². The lowest BCUT2D eigenvalue weighted by Crippen LogP contribution is -2.03. The van der Waals surface area contributed by atoms with Gasteiger partial charge in [-0.3, -0.25) is 9.59 Å². The normalized spacial score (nSPS) is 9.40. The van der Waals surface area contributed by atoms with Crippen molar-refractivity contribution in [2.75, 3.05) is 7.11 Å². The van der Waals surface area contributed by atoms with Crippen molar-refractivity contribution < 1.29 is 24.2 Å². The van der Waals surface area contributed by atoms with E-state index in [1.807, 2.05) is 0 Å². The van der Waals surface area contributed by atoms with Gasteiger partial charge in [0.25, 0.3) is 0 Å². The molecule has 1 rings (SSSR count). The Labute approximate surface area is 85.3 Å². The Morgan fingerprint density at radius 1 is 1.27 bits per heavy atom. The molecule has 5 nitrogen and oxygen atoms in total. The molecule has 0 amide bonds. The summed E-state index contributed by atoms with van der Waals surface area (Å²) in [5.74, 6) is -1.12. The minimum atomic E-state index is -0.679. The summed E-state index contributed by atoms with van der Waals surface area (Å²) in [5.41, 5.74) is -0.209. The van der Waals surface area contributed by atoms with Crippen LogP contribution < -0.4 is 0 Å². The van der Waals surface area contributed by atoms with Gasteiger partial charge in [0.1, 0.15) is 5.75 Å². The summed E-state index contributed by atoms with van der Waals surface area (Å²) in [7, 11) is 1.18. The predicted octanol–water partition coefficient (Wildman–Crippen LogP) is 0.804. The van der Waals surface area contributed by atoms with Crippen molar-refractivity contribution in [2.24, 2.45) is 0 Å². The molecule has 0 radical (unpaired) electrons. The Bertz CT molecular complexity index is 393. The number of phenols is 1. The first-order valence-electron chi connectivity index (χ1n) is 3.99. The minimum Gasteiger partial charge on any atom is -0.506 e. The Balaban J connectivity index is 3.39. The van der Waals surface area contributed by atoms with Crippen LogP contribution in [0.25, 0.3) is 0 Å². The molecule has 0 atom stereocenters. The summed E-state index contributed by atoms with van der Waals surface area (Å²) in [5, 5.41) is 9.35. The zero-order valence-corrected chi connectivity index (χ0v) is 7.89. The van der Waals surface area contributed by atoms with Gasteiger partial charge in [0.15, 0.2) is 12.6 Å². The van der Waals surface area contributed by atoms with Crippen molar-refractivity contribution in [3.63, 3.8) is 0 Å². The Morgan fingerprint density at radius 3 is 2.07 bits per heavy atom. The number of esters is 1. The molecule has 0 unspecified atom stereocenters. The van der Waals surface area contributed by atoms with Crippen LogP contribution in [0.1, 0.15) is 31.1 Å². The summed E-state index contributed by atoms with van der Waals surface area (Å²) in [4.78, 5) is 32.2. The van der Waals surface area contributed by atoms with Crippen LogP contribution in [0.3, 0.4) is 0 Å². The first-order chi connectivity index (χ1) is 7.13. The molecule has 0 saturated carbocycles. The Hall–Kier alpha value is -2.17. The maximum atomic E-state index is 11.1. The van der Waals surface area contributed by atoms with E-state index in [1.54, 1.807) is 0 Å². The largest absolute Gasteiger partial charge is 0.506 e. The lowest BCUT2D eigenvalue weighted by molar-refractivity contribution is 0.0600. The molecule has 1 N–H and O–H groups in total. The third kappa shape index (κ3) is 2.01. The average Bonchev–Trinajstić information content (AvgIpc) is 2.28. The molecule has 0 aliphatic heterocycles. The summed E-state index contributed by atoms with van der Waals surface area (Å²) in [6.07, 6.45) is 0.712. The number of rotatable bonds is 3. The first-order valence-corrected chi connectivity index (χ1v) is 3.99. The van der Waals surface area contributed by atoms with Gasteiger partial charge in [0, 0.05) is 0 Å². The van der Waals surface area contributed by atoms with E-state index in [1.165, 1.54) is 7.11 Å². The van der Waals surface area contributed by atoms with Crippen LogP contribution in [-0.2, 0) is 4.74 Å². The molecular weight excluding hydrogens is 200 g/mol. The van der Waals surface area contributed by atoms with Crippen molar-refractivity contribution in [1.29, 1.82) is 0 Å². The van der Waals surface area contributed by atoms with Gasteiger partial charge in [-0.15, -0.1) is 0 Å². The van der Waals surface area contributed by atoms with Gasteiger partial charge >= 0.3 is 5.97 Å². The second-order valence-corrected chi connectivity index (χ2v) is 2.73. The van der Waals surface area contributed by atoms with E-state index < -0.39 is 11.7 Å². The quantitative estimate of drug-likeness (QED) is 0.587. The van der Waals surface area contributed by atoms with Gasteiger partial charge in [0.05, 0.1) is 23.8 Å². The van der Waals surface area contributed by atoms with Crippen LogP contribution in [-0.4, -0.2) is 30.8 Å². The van der Waals surface area contributed by atoms with E-state index in [9.17, 15) is 19.5 Å². The second-order valence-electron chi connectivity index (χ2n) is 2.73. The van der Waals surface area contributed by atoms with Gasteiger partial charge < -0.3 is 9.84 Å². The summed E-state index contributed by atoms with van der Waals surface area (Å²) in [6.45, 7) is 0. The molecule has 1 aromatic carbocycles. The highest BCUT2D eigenvalue weighted by molar-refractivity contribution is 5.97. The molecule has 1 aromatic rings. The zero-order chi connectivity index (χ0) is 11.4. The number of hydrogen-bond acceptors (Lipinski definition) is 5. The Kier molecular flexibility index (Phi) is 3.17. The van der Waals surface area contributed by atoms with E-state index >= 15 is 0 Å². The van der Waals surface area contributed by atoms with Gasteiger partial charge in [-0.05, 0) is 12.1 Å². The fraction of sp³-hybridized carbons (Fsp3) is 0.100. The molecule has 0 bridgehead atoms. The molecule has 78 valence electrons. The molecular formula is C10H8O5. The van der Waals surface area contributed by atoms with Crippen molar-refractivity contribution in [3.05, 3.63) is 28.8 Å². The van der Waals surface area contributed by atoms with Crippen molar-refractivity contribution in [2.45, 2.75) is 0 Å². The maximum absolute atomic E-state index is 11.1. The van der Waals surface area contributed by atoms with E-state index in [4.69, 9.17) is 0 Å². The fourth-order valence-electron chi connectivity index (χ4n) is 1.10. The van der Waals surface area contributed by atoms with E-state index in [0.717, 1.165) is 12.1 Å². The molecule has 0 spiro atoms. The minimum absolute atomic E-state index is 0.0412. The number of carbonyl (C=O) groups excluding carboxylic acids is 3. The highest BCUT2D eigenvalue weighted by atomic mass is 16.5. The third-order valence-electron chi connectivity index (χ3n) is 1.84. The fourth-order valence-corrected chi connectivity index (χ4v) is 1.10. The number of aldehydes is 2. The van der Waals surface area contributed by atoms with E-state index in [0.29, 0.717) is 12.6 Å². The topological polar surface area (TPSA) is 80.7 Å². The van der Waals surface area contributed by atoms with Crippen LogP contribution in [0.4, 0.5) is 0 Å². The monoisotopic (exact) mass is 208 g/mol. The highest BCUT2D eigenvalue weighted by Gasteiger charge is 2.13. The van der Waals surface area contributed by atoms with Crippen molar-refractivity contribution in [1.82, 2.24) is 0 Å². The molecule has 0 fully saturated rings. The zero-order valence-electron chi connectivity index (χ0n) is 7.89. The predicted molar refractivity (Wildman–Crippen MR) is 50.2 cm³/mol. The average molecular weight is 208 g/mol. The lowest BCUT2D eigenvalue weighted by Gasteiger charge is -2.04. The highest BCUT2D eigenvalue weighted by Crippen LogP contribution is 2.22. The number of methoxy groups -OCH3 is 1. The number of benzene rings is 1. The third-order valence-corrected chi connectivity index (χ3v) is 1.84. The van der Waals surface area contributed by atoms with E-state index in [2.05, 4.69) is 4.74 Å². The Morgan fingerprint density at radius 2 is 1.73 bits per heavy atom. The van der Waals surface area contributed by atoms with Crippen molar-refractivity contribution in [3.8, 4) is 5.75 Å². The van der Waals surface area contributed by atoms with Gasteiger partial charge in [-0.2, -0.15) is 0 Å². The second kappa shape index (κ2) is 4.36.